The van der Waals surface area contributed by atoms with Gasteiger partial charge in [0.25, 0.3) is 5.91 Å². The van der Waals surface area contributed by atoms with Gasteiger partial charge in [-0.25, -0.2) is 0 Å². The van der Waals surface area contributed by atoms with E-state index in [0.29, 0.717) is 16.9 Å². The van der Waals surface area contributed by atoms with Crippen LogP contribution in [0.5, 0.6) is 0 Å². The van der Waals surface area contributed by atoms with E-state index in [4.69, 9.17) is 0 Å². The summed E-state index contributed by atoms with van der Waals surface area (Å²) >= 11 is 0. The Labute approximate surface area is 140 Å². The lowest BCUT2D eigenvalue weighted by molar-refractivity contribution is -0.114. The molecular weight excluding hydrogens is 304 g/mol. The quantitative estimate of drug-likeness (QED) is 0.807. The molecule has 2 aromatic carbocycles. The number of hydrogen-bond acceptors (Lipinski definition) is 4. The van der Waals surface area contributed by atoms with Gasteiger partial charge in [-0.2, -0.15) is 0 Å². The monoisotopic (exact) mass is 322 g/mol. The van der Waals surface area contributed by atoms with E-state index in [0.717, 1.165) is 24.5 Å². The number of anilines is 2. The van der Waals surface area contributed by atoms with Crippen molar-refractivity contribution in [2.75, 3.05) is 23.7 Å². The van der Waals surface area contributed by atoms with Gasteiger partial charge >= 0.3 is 0 Å². The van der Waals surface area contributed by atoms with Crippen LogP contribution < -0.4 is 16.0 Å². The number of nitrogens with zero attached hydrogens (tertiary/aromatic N) is 1. The lowest BCUT2D eigenvalue weighted by Gasteiger charge is -2.09. The fourth-order valence-corrected chi connectivity index (χ4v) is 2.48. The molecule has 1 heterocycles. The van der Waals surface area contributed by atoms with Crippen LogP contribution >= 0.6 is 0 Å². The van der Waals surface area contributed by atoms with Crippen molar-refractivity contribution in [1.29, 1.82) is 0 Å². The molecule has 122 valence electrons. The largest absolute Gasteiger partial charge is 0.368 e. The minimum absolute atomic E-state index is 0.176. The number of carbonyl (C=O) groups excluding carboxylic acids is 2. The summed E-state index contributed by atoms with van der Waals surface area (Å²) < 4.78 is 0. The smallest absolute Gasteiger partial charge is 0.255 e. The van der Waals surface area contributed by atoms with Gasteiger partial charge in [0.2, 0.25) is 5.91 Å². The van der Waals surface area contributed by atoms with E-state index in [1.807, 2.05) is 24.3 Å². The number of benzene rings is 2. The van der Waals surface area contributed by atoms with E-state index in [-0.39, 0.29) is 11.8 Å². The zero-order valence-electron chi connectivity index (χ0n) is 13.3. The summed E-state index contributed by atoms with van der Waals surface area (Å²) in [6, 6.07) is 14.3. The first-order valence-corrected chi connectivity index (χ1v) is 7.69. The first kappa shape index (κ1) is 15.7. The lowest BCUT2D eigenvalue weighted by Crippen LogP contribution is -2.20. The van der Waals surface area contributed by atoms with Gasteiger partial charge in [0.1, 0.15) is 5.84 Å². The van der Waals surface area contributed by atoms with Crippen LogP contribution in [0.4, 0.5) is 11.4 Å². The molecule has 0 radical (unpaired) electrons. The van der Waals surface area contributed by atoms with Gasteiger partial charge < -0.3 is 16.0 Å². The second kappa shape index (κ2) is 6.95. The van der Waals surface area contributed by atoms with Gasteiger partial charge in [0.05, 0.1) is 6.54 Å². The Bertz CT molecular complexity index is 814. The molecular formula is C18H18N4O2. The third-order valence-electron chi connectivity index (χ3n) is 3.51. The van der Waals surface area contributed by atoms with E-state index in [2.05, 4.69) is 20.9 Å². The fraction of sp³-hybridized carbons (Fsp3) is 0.167. The zero-order chi connectivity index (χ0) is 16.9. The Morgan fingerprint density at radius 3 is 2.50 bits per heavy atom. The number of amides is 2. The van der Waals surface area contributed by atoms with Gasteiger partial charge in [-0.05, 0) is 30.3 Å². The normalized spacial score (nSPS) is 13.0. The van der Waals surface area contributed by atoms with E-state index >= 15 is 0 Å². The van der Waals surface area contributed by atoms with Gasteiger partial charge in [-0.3, -0.25) is 14.6 Å². The van der Waals surface area contributed by atoms with Crippen LogP contribution in [0.2, 0.25) is 0 Å². The van der Waals surface area contributed by atoms with Crippen molar-refractivity contribution in [3.63, 3.8) is 0 Å². The SMILES string of the molecule is CC(=O)Nc1cccc(C(=O)Nc2cccc(C3=NCCN3)c2)c1. The topological polar surface area (TPSA) is 82.6 Å². The van der Waals surface area contributed by atoms with Crippen molar-refractivity contribution in [2.45, 2.75) is 6.92 Å². The molecule has 1 aliphatic rings. The van der Waals surface area contributed by atoms with Gasteiger partial charge in [0, 0.05) is 36.0 Å². The molecule has 0 unspecified atom stereocenters. The van der Waals surface area contributed by atoms with Crippen LogP contribution in [0, 0.1) is 0 Å². The van der Waals surface area contributed by atoms with Crippen molar-refractivity contribution < 1.29 is 9.59 Å². The predicted octanol–water partition coefficient (Wildman–Crippen LogP) is 2.25. The molecule has 3 N–H and O–H groups in total. The fourth-order valence-electron chi connectivity index (χ4n) is 2.48. The molecule has 0 saturated heterocycles. The third kappa shape index (κ3) is 3.78. The highest BCUT2D eigenvalue weighted by atomic mass is 16.2. The number of carbonyl (C=O) groups is 2. The molecule has 0 spiro atoms. The second-order valence-electron chi connectivity index (χ2n) is 5.45. The second-order valence-corrected chi connectivity index (χ2v) is 5.45. The number of nitrogens with one attached hydrogen (secondary N) is 3. The van der Waals surface area contributed by atoms with E-state index in [1.54, 1.807) is 24.3 Å². The molecule has 0 aromatic heterocycles. The summed E-state index contributed by atoms with van der Waals surface area (Å²) in [6.45, 7) is 3.03. The molecule has 0 saturated carbocycles. The van der Waals surface area contributed by atoms with Crippen molar-refractivity contribution in [3.05, 3.63) is 59.7 Å². The molecule has 0 fully saturated rings. The molecule has 2 aromatic rings. The maximum atomic E-state index is 12.4. The van der Waals surface area contributed by atoms with Crippen molar-refractivity contribution in [2.24, 2.45) is 4.99 Å². The molecule has 1 aliphatic heterocycles. The average molecular weight is 322 g/mol. The average Bonchev–Trinajstić information content (AvgIpc) is 3.09. The lowest BCUT2D eigenvalue weighted by atomic mass is 10.1. The van der Waals surface area contributed by atoms with E-state index in [9.17, 15) is 9.59 Å². The highest BCUT2D eigenvalue weighted by Gasteiger charge is 2.11. The van der Waals surface area contributed by atoms with Crippen LogP contribution in [0.25, 0.3) is 0 Å². The highest BCUT2D eigenvalue weighted by Crippen LogP contribution is 2.16. The standard InChI is InChI=1S/C18H18N4O2/c1-12(23)21-15-6-3-5-14(11-15)18(24)22-16-7-2-4-13(10-16)17-19-8-9-20-17/h2-7,10-11H,8-9H2,1H3,(H,19,20)(H,21,23)(H,22,24). The Kier molecular flexibility index (Phi) is 4.56. The molecule has 2 amide bonds. The number of rotatable bonds is 4. The summed E-state index contributed by atoms with van der Waals surface area (Å²) in [5.41, 5.74) is 2.70. The molecule has 0 bridgehead atoms. The number of amidine groups is 1. The summed E-state index contributed by atoms with van der Waals surface area (Å²) in [4.78, 5) is 27.9. The minimum Gasteiger partial charge on any atom is -0.368 e. The zero-order valence-corrected chi connectivity index (χ0v) is 13.3. The highest BCUT2D eigenvalue weighted by molar-refractivity contribution is 6.06. The van der Waals surface area contributed by atoms with Gasteiger partial charge in [-0.15, -0.1) is 0 Å². The van der Waals surface area contributed by atoms with Gasteiger partial charge in [0.15, 0.2) is 0 Å². The Hall–Kier alpha value is -3.15. The Morgan fingerprint density at radius 2 is 1.79 bits per heavy atom. The van der Waals surface area contributed by atoms with Crippen LogP contribution in [0.15, 0.2) is 53.5 Å². The molecule has 6 nitrogen and oxygen atoms in total. The van der Waals surface area contributed by atoms with Crippen LogP contribution in [-0.4, -0.2) is 30.7 Å². The van der Waals surface area contributed by atoms with Crippen LogP contribution in [-0.2, 0) is 4.79 Å². The molecule has 6 heteroatoms. The van der Waals surface area contributed by atoms with Crippen molar-refractivity contribution in [1.82, 2.24) is 5.32 Å². The predicted molar refractivity (Wildman–Crippen MR) is 94.5 cm³/mol. The van der Waals surface area contributed by atoms with Crippen LogP contribution in [0.1, 0.15) is 22.8 Å². The summed E-state index contributed by atoms with van der Waals surface area (Å²) in [5.74, 6) is 0.435. The first-order valence-electron chi connectivity index (χ1n) is 7.69. The molecule has 0 atom stereocenters. The first-order chi connectivity index (χ1) is 11.6. The molecule has 0 aliphatic carbocycles. The third-order valence-corrected chi connectivity index (χ3v) is 3.51. The summed E-state index contributed by atoms with van der Waals surface area (Å²) in [5, 5.41) is 8.74. The van der Waals surface area contributed by atoms with Gasteiger partial charge in [-0.1, -0.05) is 18.2 Å². The van der Waals surface area contributed by atoms with Crippen molar-refractivity contribution >= 4 is 29.0 Å². The maximum Gasteiger partial charge on any atom is 0.255 e. The van der Waals surface area contributed by atoms with Crippen LogP contribution in [0.3, 0.4) is 0 Å². The number of hydrogen-bond donors (Lipinski definition) is 3. The Balaban J connectivity index is 1.75. The van der Waals surface area contributed by atoms with E-state index in [1.165, 1.54) is 6.92 Å². The van der Waals surface area contributed by atoms with Crippen molar-refractivity contribution in [3.8, 4) is 0 Å². The number of aliphatic imine (C=N–C) groups is 1. The molecule has 3 rings (SSSR count). The maximum absolute atomic E-state index is 12.4. The molecule has 24 heavy (non-hydrogen) atoms. The minimum atomic E-state index is -0.235. The summed E-state index contributed by atoms with van der Waals surface area (Å²) in [7, 11) is 0. The Morgan fingerprint density at radius 1 is 1.04 bits per heavy atom. The van der Waals surface area contributed by atoms with E-state index < -0.39 is 0 Å². The summed E-state index contributed by atoms with van der Waals surface area (Å²) in [6.07, 6.45) is 0.